The van der Waals surface area contributed by atoms with Crippen molar-refractivity contribution in [1.82, 2.24) is 10.3 Å². The fourth-order valence-corrected chi connectivity index (χ4v) is 1.90. The number of nitrogens with two attached hydrogens (primary N) is 1. The molecule has 1 aromatic rings. The van der Waals surface area contributed by atoms with Crippen molar-refractivity contribution in [3.63, 3.8) is 0 Å². The van der Waals surface area contributed by atoms with E-state index in [4.69, 9.17) is 17.3 Å². The third-order valence-electron chi connectivity index (χ3n) is 3.02. The molecule has 0 aromatic carbocycles. The van der Waals surface area contributed by atoms with Gasteiger partial charge in [0.2, 0.25) is 0 Å². The fourth-order valence-electron chi connectivity index (χ4n) is 1.75. The molecule has 1 amide bonds. The molecule has 1 heterocycles. The molecule has 1 aliphatic rings. The summed E-state index contributed by atoms with van der Waals surface area (Å²) in [6.07, 6.45) is 3.11. The van der Waals surface area contributed by atoms with Crippen LogP contribution < -0.4 is 11.1 Å². The maximum Gasteiger partial charge on any atom is 0.300 e. The largest absolute Gasteiger partial charge is 0.350 e. The third kappa shape index (κ3) is 3.39. The Morgan fingerprint density at radius 1 is 1.68 bits per heavy atom. The lowest BCUT2D eigenvalue weighted by molar-refractivity contribution is -0.385. The van der Waals surface area contributed by atoms with Crippen molar-refractivity contribution >= 4 is 23.2 Å². The molecule has 2 rings (SSSR count). The van der Waals surface area contributed by atoms with Gasteiger partial charge in [-0.05, 0) is 24.8 Å². The van der Waals surface area contributed by atoms with Crippen LogP contribution in [0.25, 0.3) is 0 Å². The normalized spacial score (nSPS) is 15.9. The van der Waals surface area contributed by atoms with Gasteiger partial charge in [-0.2, -0.15) is 0 Å². The van der Waals surface area contributed by atoms with Gasteiger partial charge >= 0.3 is 0 Å². The summed E-state index contributed by atoms with van der Waals surface area (Å²) in [5.74, 6) is -0.122. The zero-order chi connectivity index (χ0) is 14.0. The minimum Gasteiger partial charge on any atom is -0.350 e. The number of carbonyl (C=O) groups is 1. The summed E-state index contributed by atoms with van der Waals surface area (Å²) in [5.41, 5.74) is 5.37. The number of hydrogen-bond acceptors (Lipinski definition) is 5. The Labute approximate surface area is 114 Å². The Balaban J connectivity index is 2.08. The van der Waals surface area contributed by atoms with Gasteiger partial charge in [0.15, 0.2) is 0 Å². The van der Waals surface area contributed by atoms with Crippen LogP contribution in [0.3, 0.4) is 0 Å². The Bertz CT molecular complexity index is 519. The minimum atomic E-state index is -0.668. The predicted molar refractivity (Wildman–Crippen MR) is 68.9 cm³/mol. The van der Waals surface area contributed by atoms with Gasteiger partial charge < -0.3 is 11.1 Å². The van der Waals surface area contributed by atoms with E-state index in [1.165, 1.54) is 6.07 Å². The zero-order valence-electron chi connectivity index (χ0n) is 10.0. The lowest BCUT2D eigenvalue weighted by atomic mass is 10.2. The topological polar surface area (TPSA) is 111 Å². The van der Waals surface area contributed by atoms with Crippen molar-refractivity contribution < 1.29 is 9.72 Å². The molecule has 19 heavy (non-hydrogen) atoms. The average molecular weight is 285 g/mol. The highest BCUT2D eigenvalue weighted by Crippen LogP contribution is 2.31. The highest BCUT2D eigenvalue weighted by atomic mass is 35.5. The first-order chi connectivity index (χ1) is 8.99. The molecule has 0 bridgehead atoms. The number of hydrogen-bond donors (Lipinski definition) is 2. The Morgan fingerprint density at radius 3 is 2.95 bits per heavy atom. The average Bonchev–Trinajstić information content (AvgIpc) is 3.19. The molecule has 1 unspecified atom stereocenters. The van der Waals surface area contributed by atoms with E-state index >= 15 is 0 Å². The summed E-state index contributed by atoms with van der Waals surface area (Å²) in [6.45, 7) is 0.292. The number of carbonyl (C=O) groups excluding carboxylic acids is 1. The molecule has 0 spiro atoms. The van der Waals surface area contributed by atoms with Crippen LogP contribution in [-0.2, 0) is 0 Å². The van der Waals surface area contributed by atoms with Gasteiger partial charge in [0.05, 0.1) is 4.92 Å². The smallest absolute Gasteiger partial charge is 0.300 e. The lowest BCUT2D eigenvalue weighted by Crippen LogP contribution is -2.38. The van der Waals surface area contributed by atoms with Crippen molar-refractivity contribution in [1.29, 1.82) is 0 Å². The van der Waals surface area contributed by atoms with Gasteiger partial charge in [-0.3, -0.25) is 14.9 Å². The van der Waals surface area contributed by atoms with Crippen molar-refractivity contribution in [2.24, 2.45) is 11.7 Å². The standard InChI is InChI=1S/C11H13ClN4O3/c12-10-3-7(9(5-14-10)16(18)19)11(17)15-4-8(13)6-1-2-6/h3,5-6,8H,1-2,4,13H2,(H,15,17). The minimum absolute atomic E-state index is 0.0299. The molecule has 1 saturated carbocycles. The van der Waals surface area contributed by atoms with Crippen LogP contribution in [0, 0.1) is 16.0 Å². The quantitative estimate of drug-likeness (QED) is 0.478. The second kappa shape index (κ2) is 5.50. The van der Waals surface area contributed by atoms with E-state index in [1.807, 2.05) is 0 Å². The van der Waals surface area contributed by atoms with Gasteiger partial charge in [0, 0.05) is 12.6 Å². The van der Waals surface area contributed by atoms with Crippen LogP contribution in [-0.4, -0.2) is 28.4 Å². The van der Waals surface area contributed by atoms with Gasteiger partial charge in [-0.15, -0.1) is 0 Å². The van der Waals surface area contributed by atoms with Crippen LogP contribution in [0.15, 0.2) is 12.3 Å². The van der Waals surface area contributed by atoms with Gasteiger partial charge in [0.25, 0.3) is 11.6 Å². The molecule has 0 aliphatic heterocycles. The zero-order valence-corrected chi connectivity index (χ0v) is 10.8. The predicted octanol–water partition coefficient (Wildman–Crippen LogP) is 1.11. The molecule has 102 valence electrons. The van der Waals surface area contributed by atoms with Gasteiger partial charge in [-0.25, -0.2) is 4.98 Å². The monoisotopic (exact) mass is 284 g/mol. The first-order valence-corrected chi connectivity index (χ1v) is 6.20. The first kappa shape index (κ1) is 13.7. The van der Waals surface area contributed by atoms with Crippen LogP contribution >= 0.6 is 11.6 Å². The Kier molecular flexibility index (Phi) is 3.96. The van der Waals surface area contributed by atoms with E-state index in [0.717, 1.165) is 19.0 Å². The van der Waals surface area contributed by atoms with Gasteiger partial charge in [-0.1, -0.05) is 11.6 Å². The first-order valence-electron chi connectivity index (χ1n) is 5.82. The van der Waals surface area contributed by atoms with Crippen LogP contribution in [0.5, 0.6) is 0 Å². The molecular weight excluding hydrogens is 272 g/mol. The molecular formula is C11H13ClN4O3. The summed E-state index contributed by atoms with van der Waals surface area (Å²) in [6, 6.07) is 1.07. The van der Waals surface area contributed by atoms with E-state index in [0.29, 0.717) is 12.5 Å². The molecule has 1 atom stereocenters. The summed E-state index contributed by atoms with van der Waals surface area (Å²) >= 11 is 5.65. The molecule has 0 radical (unpaired) electrons. The molecule has 3 N–H and O–H groups in total. The molecule has 0 saturated heterocycles. The number of rotatable bonds is 5. The number of halogens is 1. The maximum absolute atomic E-state index is 11.9. The number of amides is 1. The van der Waals surface area contributed by atoms with E-state index in [9.17, 15) is 14.9 Å². The van der Waals surface area contributed by atoms with Gasteiger partial charge in [0.1, 0.15) is 16.9 Å². The fraction of sp³-hybridized carbons (Fsp3) is 0.455. The highest BCUT2D eigenvalue weighted by molar-refractivity contribution is 6.29. The SMILES string of the molecule is NC(CNC(=O)c1cc(Cl)ncc1[N+](=O)[O-])C1CC1. The molecule has 7 nitrogen and oxygen atoms in total. The number of nitrogens with zero attached hydrogens (tertiary/aromatic N) is 2. The summed E-state index contributed by atoms with van der Waals surface area (Å²) in [5, 5.41) is 13.4. The van der Waals surface area contributed by atoms with Crippen molar-refractivity contribution in [3.05, 3.63) is 33.1 Å². The molecule has 1 aromatic heterocycles. The van der Waals surface area contributed by atoms with Crippen LogP contribution in [0.2, 0.25) is 5.15 Å². The van der Waals surface area contributed by atoms with E-state index in [2.05, 4.69) is 10.3 Å². The highest BCUT2D eigenvalue weighted by Gasteiger charge is 2.29. The number of aromatic nitrogens is 1. The summed E-state index contributed by atoms with van der Waals surface area (Å²) in [4.78, 5) is 25.7. The van der Waals surface area contributed by atoms with E-state index in [-0.39, 0.29) is 22.4 Å². The summed E-state index contributed by atoms with van der Waals surface area (Å²) < 4.78 is 0. The van der Waals surface area contributed by atoms with Crippen LogP contribution in [0.4, 0.5) is 5.69 Å². The van der Waals surface area contributed by atoms with Crippen molar-refractivity contribution in [3.8, 4) is 0 Å². The number of nitro groups is 1. The molecule has 1 fully saturated rings. The summed E-state index contributed by atoms with van der Waals surface area (Å²) in [7, 11) is 0. The molecule has 8 heteroatoms. The number of nitrogens with one attached hydrogen (secondary N) is 1. The second-order valence-electron chi connectivity index (χ2n) is 4.49. The number of pyridine rings is 1. The Hall–Kier alpha value is -1.73. The maximum atomic E-state index is 11.9. The van der Waals surface area contributed by atoms with E-state index in [1.54, 1.807) is 0 Å². The Morgan fingerprint density at radius 2 is 2.37 bits per heavy atom. The third-order valence-corrected chi connectivity index (χ3v) is 3.22. The van der Waals surface area contributed by atoms with E-state index < -0.39 is 10.8 Å². The van der Waals surface area contributed by atoms with Crippen molar-refractivity contribution in [2.45, 2.75) is 18.9 Å². The lowest BCUT2D eigenvalue weighted by Gasteiger charge is -2.11. The van der Waals surface area contributed by atoms with Crippen LogP contribution in [0.1, 0.15) is 23.2 Å². The molecule has 1 aliphatic carbocycles. The second-order valence-corrected chi connectivity index (χ2v) is 4.88. The van der Waals surface area contributed by atoms with Crippen molar-refractivity contribution in [2.75, 3.05) is 6.54 Å².